The molecular weight excluding hydrogens is 466 g/mol. The number of nitrogens with zero attached hydrogens (tertiary/aromatic N) is 4. The van der Waals surface area contributed by atoms with Crippen LogP contribution in [0.5, 0.6) is 0 Å². The summed E-state index contributed by atoms with van der Waals surface area (Å²) in [6, 6.07) is 0.153. The lowest BCUT2D eigenvalue weighted by molar-refractivity contribution is -0.142. The fourth-order valence-electron chi connectivity index (χ4n) is 3.22. The Morgan fingerprint density at radius 1 is 1.22 bits per heavy atom. The summed E-state index contributed by atoms with van der Waals surface area (Å²) >= 11 is 4.35. The Balaban J connectivity index is 1.66. The molecule has 0 saturated heterocycles. The third-order valence-corrected chi connectivity index (χ3v) is 7.34. The molecule has 0 aliphatic rings. The zero-order valence-corrected chi connectivity index (χ0v) is 21.2. The van der Waals surface area contributed by atoms with Gasteiger partial charge in [-0.2, -0.15) is 0 Å². The molecule has 3 aromatic heterocycles. The van der Waals surface area contributed by atoms with Crippen molar-refractivity contribution < 1.29 is 14.3 Å². The molecule has 0 atom stereocenters. The van der Waals surface area contributed by atoms with Gasteiger partial charge in [0.05, 0.1) is 24.5 Å². The molecule has 0 radical (unpaired) electrons. The monoisotopic (exact) mass is 493 g/mol. The maximum absolute atomic E-state index is 12.5. The molecule has 1 amide bonds. The van der Waals surface area contributed by atoms with Crippen LogP contribution in [0.4, 0.5) is 5.13 Å². The van der Waals surface area contributed by atoms with Gasteiger partial charge in [-0.1, -0.05) is 18.7 Å². The van der Waals surface area contributed by atoms with Gasteiger partial charge in [-0.15, -0.1) is 32.9 Å². The quantitative estimate of drug-likeness (QED) is 0.321. The minimum Gasteiger partial charge on any atom is -0.466 e. The SMILES string of the molecule is CCOC(=O)Cc1csc(NC(=O)CSc2nnc(-c3csc(C)c3CC)n2C(C)C)n1. The van der Waals surface area contributed by atoms with E-state index in [9.17, 15) is 9.59 Å². The number of aryl methyl sites for hydroxylation is 1. The average molecular weight is 494 g/mol. The molecule has 0 spiro atoms. The molecule has 0 unspecified atom stereocenters. The zero-order chi connectivity index (χ0) is 23.3. The number of ether oxygens (including phenoxy) is 1. The van der Waals surface area contributed by atoms with Gasteiger partial charge in [-0.3, -0.25) is 14.2 Å². The zero-order valence-electron chi connectivity index (χ0n) is 18.8. The Bertz CT molecular complexity index is 1090. The third kappa shape index (κ3) is 5.76. The molecule has 3 rings (SSSR count). The number of hydrogen-bond donors (Lipinski definition) is 1. The molecule has 0 aliphatic carbocycles. The number of thiazole rings is 1. The third-order valence-electron chi connectivity index (χ3n) is 4.64. The van der Waals surface area contributed by atoms with Crippen LogP contribution in [0.25, 0.3) is 11.4 Å². The molecule has 11 heteroatoms. The van der Waals surface area contributed by atoms with E-state index in [-0.39, 0.29) is 30.1 Å². The number of carbonyl (C=O) groups excluding carboxylic acids is 2. The predicted octanol–water partition coefficient (Wildman–Crippen LogP) is 4.75. The van der Waals surface area contributed by atoms with Crippen LogP contribution in [0.2, 0.25) is 0 Å². The van der Waals surface area contributed by atoms with Crippen molar-refractivity contribution in [3.8, 4) is 11.4 Å². The van der Waals surface area contributed by atoms with Gasteiger partial charge in [0.2, 0.25) is 5.91 Å². The lowest BCUT2D eigenvalue weighted by Crippen LogP contribution is -2.15. The molecule has 172 valence electrons. The van der Waals surface area contributed by atoms with Crippen LogP contribution in [0.15, 0.2) is 15.9 Å². The molecule has 3 heterocycles. The minimum absolute atomic E-state index is 0.0943. The summed E-state index contributed by atoms with van der Waals surface area (Å²) in [6.07, 6.45) is 1.03. The van der Waals surface area contributed by atoms with Gasteiger partial charge in [-0.05, 0) is 39.7 Å². The highest BCUT2D eigenvalue weighted by Crippen LogP contribution is 2.34. The van der Waals surface area contributed by atoms with Crippen LogP contribution in [-0.2, 0) is 27.2 Å². The van der Waals surface area contributed by atoms with E-state index in [0.29, 0.717) is 22.6 Å². The summed E-state index contributed by atoms with van der Waals surface area (Å²) in [5.41, 5.74) is 2.99. The maximum Gasteiger partial charge on any atom is 0.311 e. The molecular formula is C21H27N5O3S3. The largest absolute Gasteiger partial charge is 0.466 e. The van der Waals surface area contributed by atoms with E-state index < -0.39 is 0 Å². The molecule has 8 nitrogen and oxygen atoms in total. The van der Waals surface area contributed by atoms with Gasteiger partial charge < -0.3 is 10.1 Å². The average Bonchev–Trinajstić information content (AvgIpc) is 3.44. The molecule has 0 aliphatic heterocycles. The van der Waals surface area contributed by atoms with Gasteiger partial charge >= 0.3 is 5.97 Å². The molecule has 0 fully saturated rings. The Labute approximate surface area is 199 Å². The summed E-state index contributed by atoms with van der Waals surface area (Å²) in [5, 5.41) is 16.7. The van der Waals surface area contributed by atoms with Crippen molar-refractivity contribution in [2.24, 2.45) is 0 Å². The Hall–Kier alpha value is -2.24. The van der Waals surface area contributed by atoms with Crippen LogP contribution < -0.4 is 5.32 Å². The summed E-state index contributed by atoms with van der Waals surface area (Å²) in [4.78, 5) is 29.6. The highest BCUT2D eigenvalue weighted by Gasteiger charge is 2.21. The van der Waals surface area contributed by atoms with Crippen molar-refractivity contribution in [3.63, 3.8) is 0 Å². The lowest BCUT2D eigenvalue weighted by atomic mass is 10.1. The van der Waals surface area contributed by atoms with Gasteiger partial charge in [-0.25, -0.2) is 4.98 Å². The predicted molar refractivity (Wildman–Crippen MR) is 130 cm³/mol. The maximum atomic E-state index is 12.5. The van der Waals surface area contributed by atoms with Crippen molar-refractivity contribution in [2.75, 3.05) is 17.7 Å². The van der Waals surface area contributed by atoms with Crippen LogP contribution in [0, 0.1) is 6.92 Å². The first-order chi connectivity index (χ1) is 15.3. The normalized spacial score (nSPS) is 11.2. The van der Waals surface area contributed by atoms with Gasteiger partial charge in [0.25, 0.3) is 0 Å². The van der Waals surface area contributed by atoms with Gasteiger partial charge in [0, 0.05) is 27.2 Å². The van der Waals surface area contributed by atoms with Crippen LogP contribution in [0.3, 0.4) is 0 Å². The number of amides is 1. The van der Waals surface area contributed by atoms with E-state index >= 15 is 0 Å². The fourth-order valence-corrected chi connectivity index (χ4v) is 5.75. The van der Waals surface area contributed by atoms with Crippen LogP contribution in [-0.4, -0.2) is 44.0 Å². The van der Waals surface area contributed by atoms with Crippen molar-refractivity contribution >= 4 is 51.4 Å². The van der Waals surface area contributed by atoms with Crippen molar-refractivity contribution in [3.05, 3.63) is 26.9 Å². The molecule has 0 saturated carbocycles. The van der Waals surface area contributed by atoms with E-state index in [4.69, 9.17) is 4.74 Å². The van der Waals surface area contributed by atoms with E-state index in [1.165, 1.54) is 33.5 Å². The minimum atomic E-state index is -0.331. The first kappa shape index (κ1) is 24.4. The lowest BCUT2D eigenvalue weighted by Gasteiger charge is -2.14. The molecule has 0 aromatic carbocycles. The number of thioether (sulfide) groups is 1. The highest BCUT2D eigenvalue weighted by atomic mass is 32.2. The second-order valence-electron chi connectivity index (χ2n) is 7.27. The first-order valence-electron chi connectivity index (χ1n) is 10.4. The van der Waals surface area contributed by atoms with E-state index in [1.54, 1.807) is 23.6 Å². The number of carbonyl (C=O) groups is 2. The second kappa shape index (κ2) is 11.1. The number of anilines is 1. The molecule has 0 bridgehead atoms. The van der Waals surface area contributed by atoms with Crippen LogP contribution >= 0.6 is 34.4 Å². The Kier molecular flexibility index (Phi) is 8.44. The molecule has 3 aromatic rings. The van der Waals surface area contributed by atoms with Crippen molar-refractivity contribution in [1.29, 1.82) is 0 Å². The summed E-state index contributed by atoms with van der Waals surface area (Å²) in [5.74, 6) is 0.503. The van der Waals surface area contributed by atoms with Crippen molar-refractivity contribution in [2.45, 2.75) is 58.7 Å². The summed E-state index contributed by atoms with van der Waals surface area (Å²) < 4.78 is 7.01. The van der Waals surface area contributed by atoms with Gasteiger partial charge in [0.15, 0.2) is 16.1 Å². The van der Waals surface area contributed by atoms with E-state index in [1.807, 2.05) is 0 Å². The number of nitrogens with one attached hydrogen (secondary N) is 1. The van der Waals surface area contributed by atoms with Crippen LogP contribution in [0.1, 0.15) is 49.9 Å². The smallest absolute Gasteiger partial charge is 0.311 e. The fraction of sp³-hybridized carbons (Fsp3) is 0.476. The molecule has 32 heavy (non-hydrogen) atoms. The Morgan fingerprint density at radius 2 is 2.00 bits per heavy atom. The summed E-state index contributed by atoms with van der Waals surface area (Å²) in [6.45, 7) is 10.5. The summed E-state index contributed by atoms with van der Waals surface area (Å²) in [7, 11) is 0. The standard InChI is InChI=1S/C21H27N5O3S3/c1-6-15-13(5)30-10-16(15)19-24-25-21(26(19)12(3)4)32-11-17(27)23-20-22-14(9-31-20)8-18(28)29-7-2/h9-10,12H,6-8,11H2,1-5H3,(H,22,23,27). The first-order valence-corrected chi connectivity index (χ1v) is 13.1. The van der Waals surface area contributed by atoms with E-state index in [2.05, 4.69) is 58.1 Å². The Morgan fingerprint density at radius 3 is 2.69 bits per heavy atom. The van der Waals surface area contributed by atoms with Gasteiger partial charge in [0.1, 0.15) is 0 Å². The number of hydrogen-bond acceptors (Lipinski definition) is 9. The highest BCUT2D eigenvalue weighted by molar-refractivity contribution is 7.99. The topological polar surface area (TPSA) is 99.0 Å². The second-order valence-corrected chi connectivity index (χ2v) is 10.2. The number of aromatic nitrogens is 4. The number of rotatable bonds is 10. The van der Waals surface area contributed by atoms with Crippen molar-refractivity contribution in [1.82, 2.24) is 19.7 Å². The number of esters is 1. The molecule has 1 N–H and O–H groups in total. The number of thiophene rings is 1. The van der Waals surface area contributed by atoms with E-state index in [0.717, 1.165) is 17.8 Å².